The van der Waals surface area contributed by atoms with E-state index in [-0.39, 0.29) is 11.4 Å². The molecule has 1 saturated heterocycles. The summed E-state index contributed by atoms with van der Waals surface area (Å²) in [4.78, 5) is 18.1. The van der Waals surface area contributed by atoms with Gasteiger partial charge in [-0.15, -0.1) is 0 Å². The molecule has 2 fully saturated rings. The molecule has 1 amide bonds. The Balaban J connectivity index is 1.37. The number of benzene rings is 1. The summed E-state index contributed by atoms with van der Waals surface area (Å²) in [6.07, 6.45) is 2.86. The number of pyridine rings is 1. The third-order valence-electron chi connectivity index (χ3n) is 4.78. The van der Waals surface area contributed by atoms with Crippen molar-refractivity contribution in [3.05, 3.63) is 41.6 Å². The number of halogens is 2. The number of carbonyl (C=O) groups excluding carboxylic acids is 1. The topological polar surface area (TPSA) is 45.2 Å². The predicted molar refractivity (Wildman–Crippen MR) is 86.2 cm³/mol. The van der Waals surface area contributed by atoms with Crippen LogP contribution in [0.1, 0.15) is 25.0 Å². The molecule has 1 aromatic heterocycles. The lowest BCUT2D eigenvalue weighted by Crippen LogP contribution is -2.29. The van der Waals surface area contributed by atoms with Crippen molar-refractivity contribution in [3.63, 3.8) is 0 Å². The predicted octanol–water partition coefficient (Wildman–Crippen LogP) is 2.61. The Kier molecular flexibility index (Phi) is 3.92. The quantitative estimate of drug-likeness (QED) is 0.916. The molecule has 126 valence electrons. The van der Waals surface area contributed by atoms with E-state index >= 15 is 0 Å². The Hall–Kier alpha value is -2.08. The highest BCUT2D eigenvalue weighted by atomic mass is 19.2. The molecule has 2 aromatic rings. The Morgan fingerprint density at radius 2 is 2.00 bits per heavy atom. The third kappa shape index (κ3) is 2.98. The summed E-state index contributed by atoms with van der Waals surface area (Å²) in [6, 6.07) is 6.66. The third-order valence-corrected chi connectivity index (χ3v) is 4.78. The minimum Gasteiger partial charge on any atom is -0.339 e. The average Bonchev–Trinajstić information content (AvgIpc) is 3.35. The summed E-state index contributed by atoms with van der Waals surface area (Å²) in [6.45, 7) is 2.02. The van der Waals surface area contributed by atoms with Gasteiger partial charge in [0.2, 0.25) is 5.91 Å². The highest BCUT2D eigenvalue weighted by Crippen LogP contribution is 2.32. The Morgan fingerprint density at radius 3 is 2.79 bits per heavy atom. The SMILES string of the molecule is O=C1CC(CNCc2ccc3ccc(F)c(F)c3n2)CN1C1CC1. The molecule has 1 aromatic carbocycles. The maximum absolute atomic E-state index is 13.8. The lowest BCUT2D eigenvalue weighted by molar-refractivity contribution is -0.128. The number of carbonyl (C=O) groups is 1. The van der Waals surface area contributed by atoms with Crippen LogP contribution in [-0.4, -0.2) is 34.9 Å². The van der Waals surface area contributed by atoms with Crippen molar-refractivity contribution in [3.8, 4) is 0 Å². The normalized spacial score (nSPS) is 21.0. The van der Waals surface area contributed by atoms with Crippen LogP contribution < -0.4 is 5.32 Å². The lowest BCUT2D eigenvalue weighted by atomic mass is 10.1. The molecule has 0 spiro atoms. The summed E-state index contributed by atoms with van der Waals surface area (Å²) in [5.41, 5.74) is 0.723. The smallest absolute Gasteiger partial charge is 0.223 e. The van der Waals surface area contributed by atoms with Crippen molar-refractivity contribution in [2.45, 2.75) is 31.8 Å². The molecule has 1 aliphatic heterocycles. The number of hydrogen-bond acceptors (Lipinski definition) is 3. The van der Waals surface area contributed by atoms with Gasteiger partial charge in [-0.1, -0.05) is 6.07 Å². The highest BCUT2D eigenvalue weighted by molar-refractivity contribution is 5.80. The van der Waals surface area contributed by atoms with Crippen LogP contribution in [0.3, 0.4) is 0 Å². The first-order chi connectivity index (χ1) is 11.6. The molecule has 2 heterocycles. The summed E-state index contributed by atoms with van der Waals surface area (Å²) in [5, 5.41) is 3.87. The van der Waals surface area contributed by atoms with E-state index in [1.54, 1.807) is 6.07 Å². The number of nitrogens with one attached hydrogen (secondary N) is 1. The summed E-state index contributed by atoms with van der Waals surface area (Å²) < 4.78 is 27.1. The maximum atomic E-state index is 13.8. The first-order valence-corrected chi connectivity index (χ1v) is 8.35. The highest BCUT2D eigenvalue weighted by Gasteiger charge is 2.38. The number of aromatic nitrogens is 1. The molecule has 4 rings (SSSR count). The van der Waals surface area contributed by atoms with Crippen LogP contribution in [0.2, 0.25) is 0 Å². The van der Waals surface area contributed by atoms with Crippen molar-refractivity contribution in [2.24, 2.45) is 5.92 Å². The summed E-state index contributed by atoms with van der Waals surface area (Å²) in [7, 11) is 0. The second kappa shape index (κ2) is 6.09. The Morgan fingerprint density at radius 1 is 1.21 bits per heavy atom. The van der Waals surface area contributed by atoms with Crippen LogP contribution in [-0.2, 0) is 11.3 Å². The van der Waals surface area contributed by atoms with Gasteiger partial charge in [0.05, 0.1) is 5.69 Å². The molecule has 1 saturated carbocycles. The first-order valence-electron chi connectivity index (χ1n) is 8.35. The van der Waals surface area contributed by atoms with Gasteiger partial charge < -0.3 is 10.2 Å². The van der Waals surface area contributed by atoms with Crippen molar-refractivity contribution in [2.75, 3.05) is 13.1 Å². The Bertz CT molecular complexity index is 791. The van der Waals surface area contributed by atoms with Crippen LogP contribution in [0.4, 0.5) is 8.78 Å². The van der Waals surface area contributed by atoms with Crippen LogP contribution in [0.5, 0.6) is 0 Å². The van der Waals surface area contributed by atoms with E-state index in [0.717, 1.165) is 32.0 Å². The summed E-state index contributed by atoms with van der Waals surface area (Å²) >= 11 is 0. The number of rotatable bonds is 5. The van der Waals surface area contributed by atoms with Crippen LogP contribution in [0.15, 0.2) is 24.3 Å². The molecular weight excluding hydrogens is 312 g/mol. The molecule has 0 radical (unpaired) electrons. The van der Waals surface area contributed by atoms with E-state index < -0.39 is 11.6 Å². The van der Waals surface area contributed by atoms with Crippen molar-refractivity contribution < 1.29 is 13.6 Å². The minimum absolute atomic E-state index is 0.0604. The van der Waals surface area contributed by atoms with Gasteiger partial charge in [-0.3, -0.25) is 4.79 Å². The molecule has 1 N–H and O–H groups in total. The van der Waals surface area contributed by atoms with E-state index in [1.807, 2.05) is 11.0 Å². The van der Waals surface area contributed by atoms with Gasteiger partial charge in [0, 0.05) is 37.5 Å². The van der Waals surface area contributed by atoms with Crippen molar-refractivity contribution in [1.29, 1.82) is 0 Å². The van der Waals surface area contributed by atoms with Gasteiger partial charge in [-0.2, -0.15) is 0 Å². The van der Waals surface area contributed by atoms with E-state index in [1.165, 1.54) is 6.07 Å². The molecule has 1 atom stereocenters. The largest absolute Gasteiger partial charge is 0.339 e. The number of nitrogens with zero attached hydrogens (tertiary/aromatic N) is 2. The fourth-order valence-corrected chi connectivity index (χ4v) is 3.36. The van der Waals surface area contributed by atoms with E-state index in [4.69, 9.17) is 0 Å². The van der Waals surface area contributed by atoms with Crippen molar-refractivity contribution in [1.82, 2.24) is 15.2 Å². The van der Waals surface area contributed by atoms with E-state index in [2.05, 4.69) is 10.3 Å². The molecule has 24 heavy (non-hydrogen) atoms. The zero-order valence-corrected chi connectivity index (χ0v) is 13.3. The summed E-state index contributed by atoms with van der Waals surface area (Å²) in [5.74, 6) is -1.22. The molecule has 0 bridgehead atoms. The van der Waals surface area contributed by atoms with Gasteiger partial charge in [-0.05, 0) is 37.0 Å². The van der Waals surface area contributed by atoms with Crippen LogP contribution in [0.25, 0.3) is 10.9 Å². The van der Waals surface area contributed by atoms with Gasteiger partial charge in [-0.25, -0.2) is 13.8 Å². The van der Waals surface area contributed by atoms with E-state index in [9.17, 15) is 13.6 Å². The zero-order chi connectivity index (χ0) is 16.7. The van der Waals surface area contributed by atoms with Gasteiger partial charge >= 0.3 is 0 Å². The monoisotopic (exact) mass is 331 g/mol. The number of likely N-dealkylation sites (tertiary alicyclic amines) is 1. The average molecular weight is 331 g/mol. The second-order valence-electron chi connectivity index (χ2n) is 6.71. The fourth-order valence-electron chi connectivity index (χ4n) is 3.36. The lowest BCUT2D eigenvalue weighted by Gasteiger charge is -2.15. The van der Waals surface area contributed by atoms with E-state index in [0.29, 0.717) is 36.0 Å². The molecule has 2 aliphatic rings. The number of fused-ring (bicyclic) bond motifs is 1. The van der Waals surface area contributed by atoms with Crippen LogP contribution >= 0.6 is 0 Å². The fraction of sp³-hybridized carbons (Fsp3) is 0.444. The molecule has 4 nitrogen and oxygen atoms in total. The number of amides is 1. The standard InChI is InChI=1S/C18H19F2N3O/c19-15-6-2-12-1-3-13(22-18(12)17(15)20)9-21-8-11-7-16(24)23(10-11)14-4-5-14/h1-3,6,11,14,21H,4-5,7-10H2. The maximum Gasteiger partial charge on any atom is 0.223 e. The second-order valence-corrected chi connectivity index (χ2v) is 6.71. The Labute approximate surface area is 138 Å². The first kappa shape index (κ1) is 15.4. The molecular formula is C18H19F2N3O. The molecule has 1 unspecified atom stereocenters. The zero-order valence-electron chi connectivity index (χ0n) is 13.3. The number of hydrogen-bond donors (Lipinski definition) is 1. The van der Waals surface area contributed by atoms with Crippen LogP contribution in [0, 0.1) is 17.6 Å². The van der Waals surface area contributed by atoms with Crippen molar-refractivity contribution >= 4 is 16.8 Å². The van der Waals surface area contributed by atoms with Gasteiger partial charge in [0.25, 0.3) is 0 Å². The molecule has 6 heteroatoms. The molecule has 1 aliphatic carbocycles. The minimum atomic E-state index is -0.907. The van der Waals surface area contributed by atoms with Gasteiger partial charge in [0.1, 0.15) is 5.52 Å². The van der Waals surface area contributed by atoms with Gasteiger partial charge in [0.15, 0.2) is 11.6 Å².